The van der Waals surface area contributed by atoms with Gasteiger partial charge in [0.25, 0.3) is 0 Å². The number of thiophene rings is 1. The summed E-state index contributed by atoms with van der Waals surface area (Å²) in [6, 6.07) is 8.75. The van der Waals surface area contributed by atoms with E-state index >= 15 is 0 Å². The minimum Gasteiger partial charge on any atom is -0.322 e. The first-order chi connectivity index (χ1) is 11.7. The van der Waals surface area contributed by atoms with Crippen molar-refractivity contribution in [3.05, 3.63) is 34.2 Å². The molecule has 3 aromatic rings. The highest BCUT2D eigenvalue weighted by Crippen LogP contribution is 2.41. The number of aromatic nitrogens is 1. The molecule has 24 heavy (non-hydrogen) atoms. The maximum Gasteiger partial charge on any atom is 0.188 e. The van der Waals surface area contributed by atoms with Gasteiger partial charge in [0.1, 0.15) is 11.1 Å². The lowest BCUT2D eigenvalue weighted by atomic mass is 9.89. The van der Waals surface area contributed by atoms with Gasteiger partial charge < -0.3 is 5.32 Å². The minimum absolute atomic E-state index is 0.711. The van der Waals surface area contributed by atoms with Gasteiger partial charge in [-0.2, -0.15) is 5.26 Å². The summed E-state index contributed by atoms with van der Waals surface area (Å²) in [4.78, 5) is 7.30. The third-order valence-corrected chi connectivity index (χ3v) is 7.27. The Morgan fingerprint density at radius 2 is 2.25 bits per heavy atom. The number of thioether (sulfide) groups is 1. The fourth-order valence-corrected chi connectivity index (χ4v) is 5.99. The summed E-state index contributed by atoms with van der Waals surface area (Å²) in [5, 5.41) is 14.9. The fourth-order valence-electron chi connectivity index (χ4n) is 3.14. The second-order valence-electron chi connectivity index (χ2n) is 6.15. The van der Waals surface area contributed by atoms with Gasteiger partial charge in [-0.3, -0.25) is 0 Å². The largest absolute Gasteiger partial charge is 0.322 e. The molecule has 4 rings (SSSR count). The van der Waals surface area contributed by atoms with E-state index in [1.807, 2.05) is 0 Å². The molecule has 0 unspecified atom stereocenters. The molecule has 0 saturated carbocycles. The van der Waals surface area contributed by atoms with Gasteiger partial charge in [-0.05, 0) is 55.2 Å². The fraction of sp³-hybridized carbons (Fsp3) is 0.333. The molecule has 2 aromatic heterocycles. The summed E-state index contributed by atoms with van der Waals surface area (Å²) in [6.07, 6.45) is 5.37. The highest BCUT2D eigenvalue weighted by molar-refractivity contribution is 7.98. The van der Waals surface area contributed by atoms with Crippen molar-refractivity contribution >= 4 is 54.8 Å². The molecule has 122 valence electrons. The van der Waals surface area contributed by atoms with Crippen LogP contribution in [0.4, 0.5) is 10.1 Å². The van der Waals surface area contributed by atoms with Crippen LogP contribution in [0.3, 0.4) is 0 Å². The molecular formula is C18H17N3S3. The van der Waals surface area contributed by atoms with Gasteiger partial charge in [-0.15, -0.1) is 23.1 Å². The summed E-state index contributed by atoms with van der Waals surface area (Å²) < 4.78 is 1.18. The van der Waals surface area contributed by atoms with Gasteiger partial charge in [0.05, 0.1) is 15.8 Å². The molecule has 1 N–H and O–H groups in total. The van der Waals surface area contributed by atoms with Crippen molar-refractivity contribution in [2.24, 2.45) is 5.92 Å². The lowest BCUT2D eigenvalue weighted by Crippen LogP contribution is -2.09. The van der Waals surface area contributed by atoms with E-state index in [0.29, 0.717) is 5.92 Å². The summed E-state index contributed by atoms with van der Waals surface area (Å²) in [5.74, 6) is 0.711. The topological polar surface area (TPSA) is 48.7 Å². The minimum atomic E-state index is 0.711. The predicted octanol–water partition coefficient (Wildman–Crippen LogP) is 5.82. The smallest absolute Gasteiger partial charge is 0.188 e. The zero-order valence-corrected chi connectivity index (χ0v) is 16.0. The van der Waals surface area contributed by atoms with Gasteiger partial charge in [-0.25, -0.2) is 4.98 Å². The zero-order chi connectivity index (χ0) is 16.7. The van der Waals surface area contributed by atoms with E-state index in [4.69, 9.17) is 0 Å². The Balaban J connectivity index is 1.69. The molecule has 0 aliphatic heterocycles. The van der Waals surface area contributed by atoms with Crippen LogP contribution in [0.25, 0.3) is 10.2 Å². The van der Waals surface area contributed by atoms with Gasteiger partial charge in [-0.1, -0.05) is 18.3 Å². The third-order valence-electron chi connectivity index (χ3n) is 4.44. The highest BCUT2D eigenvalue weighted by atomic mass is 32.2. The zero-order valence-electron chi connectivity index (χ0n) is 13.5. The van der Waals surface area contributed by atoms with E-state index in [2.05, 4.69) is 47.7 Å². The Labute approximate surface area is 153 Å². The van der Waals surface area contributed by atoms with E-state index in [9.17, 15) is 5.26 Å². The predicted molar refractivity (Wildman–Crippen MR) is 105 cm³/mol. The molecule has 0 spiro atoms. The highest BCUT2D eigenvalue weighted by Gasteiger charge is 2.24. The van der Waals surface area contributed by atoms with Crippen molar-refractivity contribution in [3.63, 3.8) is 0 Å². The van der Waals surface area contributed by atoms with Crippen LogP contribution in [0.5, 0.6) is 0 Å². The van der Waals surface area contributed by atoms with Crippen LogP contribution in [0.2, 0.25) is 0 Å². The van der Waals surface area contributed by atoms with Gasteiger partial charge in [0.15, 0.2) is 5.13 Å². The summed E-state index contributed by atoms with van der Waals surface area (Å²) >= 11 is 5.12. The number of anilines is 2. The molecule has 0 fully saturated rings. The summed E-state index contributed by atoms with van der Waals surface area (Å²) in [6.45, 7) is 2.29. The van der Waals surface area contributed by atoms with Crippen molar-refractivity contribution < 1.29 is 0 Å². The number of nitriles is 1. The molecule has 1 aliphatic carbocycles. The van der Waals surface area contributed by atoms with E-state index in [-0.39, 0.29) is 0 Å². The number of hydrogen-bond acceptors (Lipinski definition) is 6. The monoisotopic (exact) mass is 371 g/mol. The second kappa shape index (κ2) is 6.40. The van der Waals surface area contributed by atoms with Crippen LogP contribution < -0.4 is 5.32 Å². The Morgan fingerprint density at radius 3 is 3.04 bits per heavy atom. The summed E-state index contributed by atoms with van der Waals surface area (Å²) in [7, 11) is 0. The van der Waals surface area contributed by atoms with Crippen LogP contribution in [0.15, 0.2) is 23.1 Å². The average Bonchev–Trinajstić information content (AvgIpc) is 3.13. The maximum atomic E-state index is 9.61. The first kappa shape index (κ1) is 15.9. The lowest BCUT2D eigenvalue weighted by molar-refractivity contribution is 0.507. The van der Waals surface area contributed by atoms with Crippen molar-refractivity contribution in [1.82, 2.24) is 4.98 Å². The Bertz CT molecular complexity index is 948. The SMILES string of the molecule is CSc1ccc2nc(Nc3sc4c(c3C#N)CC[C@@H](C)C4)sc2c1. The average molecular weight is 372 g/mol. The van der Waals surface area contributed by atoms with E-state index < -0.39 is 0 Å². The molecular weight excluding hydrogens is 354 g/mol. The number of nitrogens with one attached hydrogen (secondary N) is 1. The number of hydrogen-bond donors (Lipinski definition) is 1. The van der Waals surface area contributed by atoms with Crippen LogP contribution in [-0.4, -0.2) is 11.2 Å². The Hall–Kier alpha value is -1.55. The number of rotatable bonds is 3. The lowest BCUT2D eigenvalue weighted by Gasteiger charge is -2.17. The number of nitrogens with zero attached hydrogens (tertiary/aromatic N) is 2. The molecule has 0 radical (unpaired) electrons. The Morgan fingerprint density at radius 1 is 1.38 bits per heavy atom. The van der Waals surface area contributed by atoms with E-state index in [1.54, 1.807) is 34.4 Å². The maximum absolute atomic E-state index is 9.61. The third kappa shape index (κ3) is 2.81. The van der Waals surface area contributed by atoms with Gasteiger partial charge in [0, 0.05) is 9.77 Å². The quantitative estimate of drug-likeness (QED) is 0.589. The van der Waals surface area contributed by atoms with Gasteiger partial charge in [0.2, 0.25) is 0 Å². The van der Waals surface area contributed by atoms with E-state index in [1.165, 1.54) is 26.5 Å². The molecule has 1 aliphatic rings. The number of thiazole rings is 1. The van der Waals surface area contributed by atoms with Crippen molar-refractivity contribution in [1.29, 1.82) is 5.26 Å². The number of benzene rings is 1. The van der Waals surface area contributed by atoms with Gasteiger partial charge >= 0.3 is 0 Å². The first-order valence-corrected chi connectivity index (χ1v) is 10.8. The summed E-state index contributed by atoms with van der Waals surface area (Å²) in [5.41, 5.74) is 3.09. The molecule has 0 bridgehead atoms. The van der Waals surface area contributed by atoms with Crippen molar-refractivity contribution in [2.45, 2.75) is 31.1 Å². The normalized spacial score (nSPS) is 16.8. The second-order valence-corrected chi connectivity index (χ2v) is 9.16. The van der Waals surface area contributed by atoms with Crippen LogP contribution in [0, 0.1) is 17.2 Å². The number of fused-ring (bicyclic) bond motifs is 2. The molecule has 6 heteroatoms. The van der Waals surface area contributed by atoms with Crippen molar-refractivity contribution in [2.75, 3.05) is 11.6 Å². The standard InChI is InChI=1S/C18H17N3S3/c1-10-3-5-12-13(9-19)17(23-15(12)7-10)21-18-20-14-6-4-11(22-2)8-16(14)24-18/h4,6,8,10H,3,5,7H2,1-2H3,(H,20,21)/t10-/m1/s1. The molecule has 0 amide bonds. The van der Waals surface area contributed by atoms with E-state index in [0.717, 1.165) is 34.1 Å². The molecule has 0 saturated heterocycles. The van der Waals surface area contributed by atoms with Crippen LogP contribution >= 0.6 is 34.4 Å². The Kier molecular flexibility index (Phi) is 4.25. The molecule has 3 nitrogen and oxygen atoms in total. The molecule has 1 aromatic carbocycles. The molecule has 1 atom stereocenters. The molecule has 2 heterocycles. The first-order valence-electron chi connectivity index (χ1n) is 7.94. The van der Waals surface area contributed by atoms with Crippen LogP contribution in [0.1, 0.15) is 29.3 Å². The van der Waals surface area contributed by atoms with Crippen molar-refractivity contribution in [3.8, 4) is 6.07 Å². The van der Waals surface area contributed by atoms with Crippen LogP contribution in [-0.2, 0) is 12.8 Å².